The Morgan fingerprint density at radius 3 is 2.44 bits per heavy atom. The molecule has 3 rings (SSSR count). The maximum atomic E-state index is 12.1. The van der Waals surface area contributed by atoms with Crippen LogP contribution in [0.3, 0.4) is 0 Å². The largest absolute Gasteiger partial charge is 0.484 e. The summed E-state index contributed by atoms with van der Waals surface area (Å²) in [4.78, 5) is 18.5. The minimum absolute atomic E-state index is 0.0560. The van der Waals surface area contributed by atoms with E-state index in [4.69, 9.17) is 4.74 Å². The quantitative estimate of drug-likeness (QED) is 0.812. The molecule has 0 radical (unpaired) electrons. The van der Waals surface area contributed by atoms with Crippen molar-refractivity contribution in [3.05, 3.63) is 54.4 Å². The summed E-state index contributed by atoms with van der Waals surface area (Å²) >= 11 is 0. The van der Waals surface area contributed by atoms with Gasteiger partial charge in [0.25, 0.3) is 5.91 Å². The van der Waals surface area contributed by atoms with Crippen molar-refractivity contribution < 1.29 is 9.53 Å². The fourth-order valence-corrected chi connectivity index (χ4v) is 3.36. The van der Waals surface area contributed by atoms with Crippen molar-refractivity contribution in [1.29, 1.82) is 0 Å². The normalized spacial score (nSPS) is 15.0. The molecule has 1 aliphatic rings. The summed E-state index contributed by atoms with van der Waals surface area (Å²) in [6.45, 7) is 7.14. The monoisotopic (exact) mass is 367 g/mol. The van der Waals surface area contributed by atoms with E-state index < -0.39 is 0 Å². The number of benzene rings is 1. The van der Waals surface area contributed by atoms with E-state index in [9.17, 15) is 4.79 Å². The van der Waals surface area contributed by atoms with Crippen molar-refractivity contribution in [1.82, 2.24) is 10.3 Å². The number of carbonyl (C=O) groups excluding carboxylic acids is 1. The molecule has 1 amide bonds. The summed E-state index contributed by atoms with van der Waals surface area (Å²) < 4.78 is 5.59. The predicted octanol–water partition coefficient (Wildman–Crippen LogP) is 3.62. The Kier molecular flexibility index (Phi) is 6.69. The molecule has 0 unspecified atom stereocenters. The van der Waals surface area contributed by atoms with Crippen LogP contribution in [-0.2, 0) is 4.79 Å². The summed E-state index contributed by atoms with van der Waals surface area (Å²) in [5, 5.41) is 3.01. The first-order chi connectivity index (χ1) is 13.1. The van der Waals surface area contributed by atoms with E-state index in [1.807, 2.05) is 36.7 Å². The Balaban J connectivity index is 1.35. The second kappa shape index (κ2) is 9.40. The zero-order valence-corrected chi connectivity index (χ0v) is 16.2. The van der Waals surface area contributed by atoms with Gasteiger partial charge in [-0.1, -0.05) is 26.0 Å². The molecule has 1 aliphatic heterocycles. The van der Waals surface area contributed by atoms with Crippen LogP contribution >= 0.6 is 0 Å². The summed E-state index contributed by atoms with van der Waals surface area (Å²) in [5.74, 6) is 1.70. The lowest BCUT2D eigenvalue weighted by Gasteiger charge is -2.33. The number of nitrogens with one attached hydrogen (secondary N) is 1. The van der Waals surface area contributed by atoms with Gasteiger partial charge >= 0.3 is 0 Å². The average Bonchev–Trinajstić information content (AvgIpc) is 2.72. The van der Waals surface area contributed by atoms with Crippen LogP contribution in [-0.4, -0.2) is 37.1 Å². The molecule has 5 heteroatoms. The number of aromatic nitrogens is 1. The minimum Gasteiger partial charge on any atom is -0.484 e. The summed E-state index contributed by atoms with van der Waals surface area (Å²) in [7, 11) is 0. The number of carbonyl (C=O) groups is 1. The number of hydrogen-bond acceptors (Lipinski definition) is 4. The first-order valence-corrected chi connectivity index (χ1v) is 9.76. The molecule has 27 heavy (non-hydrogen) atoms. The van der Waals surface area contributed by atoms with Gasteiger partial charge in [-0.3, -0.25) is 9.78 Å². The van der Waals surface area contributed by atoms with Crippen molar-refractivity contribution in [3.8, 4) is 5.75 Å². The van der Waals surface area contributed by atoms with Crippen LogP contribution in [0, 0.1) is 5.92 Å². The third kappa shape index (κ3) is 5.71. The van der Waals surface area contributed by atoms with Crippen molar-refractivity contribution in [2.24, 2.45) is 5.92 Å². The van der Waals surface area contributed by atoms with Crippen LogP contribution in [0.5, 0.6) is 5.75 Å². The molecule has 0 spiro atoms. The van der Waals surface area contributed by atoms with Gasteiger partial charge in [0.15, 0.2) is 6.61 Å². The molecule has 0 aliphatic carbocycles. The third-order valence-corrected chi connectivity index (χ3v) is 5.15. The van der Waals surface area contributed by atoms with Gasteiger partial charge in [0.05, 0.1) is 0 Å². The molecule has 1 aromatic carbocycles. The van der Waals surface area contributed by atoms with E-state index in [1.54, 1.807) is 0 Å². The standard InChI is InChI=1S/C22H29N3O2/c1-17(2)19-3-5-21(6-4-19)27-16-22(26)24-15-18-9-13-25(14-10-18)20-7-11-23-12-8-20/h3-8,11-12,17-18H,9-10,13-16H2,1-2H3,(H,24,26). The Morgan fingerprint density at radius 1 is 1.15 bits per heavy atom. The molecule has 2 heterocycles. The average molecular weight is 367 g/mol. The number of piperidine rings is 1. The lowest BCUT2D eigenvalue weighted by molar-refractivity contribution is -0.123. The number of pyridine rings is 1. The molecular formula is C22H29N3O2. The molecule has 144 valence electrons. The lowest BCUT2D eigenvalue weighted by Crippen LogP contribution is -2.39. The lowest BCUT2D eigenvalue weighted by atomic mass is 9.96. The Hall–Kier alpha value is -2.56. The van der Waals surface area contributed by atoms with E-state index in [-0.39, 0.29) is 12.5 Å². The smallest absolute Gasteiger partial charge is 0.257 e. The minimum atomic E-state index is -0.0560. The van der Waals surface area contributed by atoms with E-state index in [0.29, 0.717) is 11.8 Å². The van der Waals surface area contributed by atoms with Crippen LogP contribution in [0.1, 0.15) is 38.2 Å². The topological polar surface area (TPSA) is 54.5 Å². The summed E-state index contributed by atoms with van der Waals surface area (Å²) in [5.41, 5.74) is 2.49. The SMILES string of the molecule is CC(C)c1ccc(OCC(=O)NCC2CCN(c3ccncc3)CC2)cc1. The second-order valence-electron chi connectivity index (χ2n) is 7.45. The third-order valence-electron chi connectivity index (χ3n) is 5.15. The highest BCUT2D eigenvalue weighted by Gasteiger charge is 2.20. The highest BCUT2D eigenvalue weighted by atomic mass is 16.5. The molecule has 1 fully saturated rings. The fourth-order valence-electron chi connectivity index (χ4n) is 3.36. The zero-order valence-electron chi connectivity index (χ0n) is 16.2. The van der Waals surface area contributed by atoms with Gasteiger partial charge in [-0.2, -0.15) is 0 Å². The molecule has 5 nitrogen and oxygen atoms in total. The summed E-state index contributed by atoms with van der Waals surface area (Å²) in [6.07, 6.45) is 5.83. The van der Waals surface area contributed by atoms with Gasteiger partial charge < -0.3 is 15.0 Å². The number of amides is 1. The van der Waals surface area contributed by atoms with Gasteiger partial charge in [0.1, 0.15) is 5.75 Å². The Labute approximate surface area is 161 Å². The molecule has 0 bridgehead atoms. The van der Waals surface area contributed by atoms with Crippen LogP contribution in [0.25, 0.3) is 0 Å². The molecule has 1 saturated heterocycles. The highest BCUT2D eigenvalue weighted by Crippen LogP contribution is 2.22. The predicted molar refractivity (Wildman–Crippen MR) is 108 cm³/mol. The van der Waals surface area contributed by atoms with Crippen LogP contribution in [0.2, 0.25) is 0 Å². The van der Waals surface area contributed by atoms with Gasteiger partial charge in [-0.05, 0) is 54.5 Å². The molecule has 1 N–H and O–H groups in total. The summed E-state index contributed by atoms with van der Waals surface area (Å²) in [6, 6.07) is 12.1. The molecule has 0 atom stereocenters. The molecule has 2 aromatic rings. The molecular weight excluding hydrogens is 338 g/mol. The Bertz CT molecular complexity index is 708. The van der Waals surface area contributed by atoms with Crippen LogP contribution in [0.4, 0.5) is 5.69 Å². The molecule has 1 aromatic heterocycles. The van der Waals surface area contributed by atoms with E-state index in [1.165, 1.54) is 11.3 Å². The van der Waals surface area contributed by atoms with Gasteiger partial charge in [-0.15, -0.1) is 0 Å². The zero-order chi connectivity index (χ0) is 19.1. The van der Waals surface area contributed by atoms with E-state index >= 15 is 0 Å². The van der Waals surface area contributed by atoms with Crippen molar-refractivity contribution in [3.63, 3.8) is 0 Å². The van der Waals surface area contributed by atoms with E-state index in [0.717, 1.165) is 38.2 Å². The van der Waals surface area contributed by atoms with Gasteiger partial charge in [-0.25, -0.2) is 0 Å². The number of rotatable bonds is 7. The number of nitrogens with zero attached hydrogens (tertiary/aromatic N) is 2. The maximum absolute atomic E-state index is 12.1. The van der Waals surface area contributed by atoms with Gasteiger partial charge in [0.2, 0.25) is 0 Å². The van der Waals surface area contributed by atoms with Crippen molar-refractivity contribution >= 4 is 11.6 Å². The molecule has 0 saturated carbocycles. The highest BCUT2D eigenvalue weighted by molar-refractivity contribution is 5.77. The second-order valence-corrected chi connectivity index (χ2v) is 7.45. The first kappa shape index (κ1) is 19.2. The number of anilines is 1. The van der Waals surface area contributed by atoms with Gasteiger partial charge in [0, 0.05) is 37.7 Å². The van der Waals surface area contributed by atoms with Crippen molar-refractivity contribution in [2.45, 2.75) is 32.6 Å². The Morgan fingerprint density at radius 2 is 1.81 bits per heavy atom. The number of ether oxygens (including phenoxy) is 1. The van der Waals surface area contributed by atoms with E-state index in [2.05, 4.69) is 41.2 Å². The van der Waals surface area contributed by atoms with Crippen molar-refractivity contribution in [2.75, 3.05) is 31.1 Å². The number of hydrogen-bond donors (Lipinski definition) is 1. The van der Waals surface area contributed by atoms with Crippen LogP contribution in [0.15, 0.2) is 48.8 Å². The fraction of sp³-hybridized carbons (Fsp3) is 0.455. The van der Waals surface area contributed by atoms with Crippen LogP contribution < -0.4 is 15.0 Å². The first-order valence-electron chi connectivity index (χ1n) is 9.76. The maximum Gasteiger partial charge on any atom is 0.257 e.